The summed E-state index contributed by atoms with van der Waals surface area (Å²) in [5.74, 6) is 0.401. The van der Waals surface area contributed by atoms with E-state index in [9.17, 15) is 13.2 Å². The average Bonchev–Trinajstić information content (AvgIpc) is 3.33. The molecule has 0 heterocycles. The van der Waals surface area contributed by atoms with Crippen LogP contribution in [0, 0.1) is 5.92 Å². The van der Waals surface area contributed by atoms with Crippen molar-refractivity contribution in [2.75, 3.05) is 36.2 Å². The number of methoxy groups -OCH3 is 1. The highest BCUT2D eigenvalue weighted by Gasteiger charge is 2.25. The predicted octanol–water partition coefficient (Wildman–Crippen LogP) is 2.42. The lowest BCUT2D eigenvalue weighted by atomic mass is 10.2. The van der Waals surface area contributed by atoms with E-state index in [4.69, 9.17) is 9.47 Å². The van der Waals surface area contributed by atoms with Crippen LogP contribution in [0.4, 0.5) is 5.69 Å². The van der Waals surface area contributed by atoms with Gasteiger partial charge in [0.2, 0.25) is 10.0 Å². The van der Waals surface area contributed by atoms with Crippen LogP contribution in [0.1, 0.15) is 23.2 Å². The van der Waals surface area contributed by atoms with E-state index in [0.717, 1.165) is 19.1 Å². The number of benzene rings is 1. The summed E-state index contributed by atoms with van der Waals surface area (Å²) >= 11 is 3.26. The quantitative estimate of drug-likeness (QED) is 0.490. The summed E-state index contributed by atoms with van der Waals surface area (Å²) in [4.78, 5) is 11.7. The molecular formula is C15H20BrNO5S. The average molecular weight is 406 g/mol. The summed E-state index contributed by atoms with van der Waals surface area (Å²) < 4.78 is 35.9. The van der Waals surface area contributed by atoms with E-state index in [0.29, 0.717) is 34.9 Å². The maximum absolute atomic E-state index is 12.1. The van der Waals surface area contributed by atoms with Crippen LogP contribution in [0.2, 0.25) is 0 Å². The van der Waals surface area contributed by atoms with Crippen LogP contribution in [0.25, 0.3) is 0 Å². The minimum atomic E-state index is -3.46. The lowest BCUT2D eigenvalue weighted by Crippen LogP contribution is -2.32. The normalized spacial score (nSPS) is 14.4. The van der Waals surface area contributed by atoms with Crippen molar-refractivity contribution in [2.45, 2.75) is 12.8 Å². The Bertz CT molecular complexity index is 672. The van der Waals surface area contributed by atoms with Gasteiger partial charge in [-0.25, -0.2) is 13.2 Å². The van der Waals surface area contributed by atoms with E-state index >= 15 is 0 Å². The van der Waals surface area contributed by atoms with E-state index in [-0.39, 0.29) is 6.54 Å². The molecule has 0 atom stereocenters. The van der Waals surface area contributed by atoms with Gasteiger partial charge in [-0.2, -0.15) is 0 Å². The second-order valence-electron chi connectivity index (χ2n) is 5.45. The molecule has 0 radical (unpaired) electrons. The Morgan fingerprint density at radius 1 is 1.39 bits per heavy atom. The molecule has 0 aliphatic heterocycles. The zero-order valence-corrected chi connectivity index (χ0v) is 15.5. The van der Waals surface area contributed by atoms with Crippen LogP contribution >= 0.6 is 15.9 Å². The molecule has 1 aliphatic rings. The molecule has 1 saturated carbocycles. The summed E-state index contributed by atoms with van der Waals surface area (Å²) in [5, 5.41) is 0.487. The van der Waals surface area contributed by atoms with Gasteiger partial charge in [0, 0.05) is 11.9 Å². The van der Waals surface area contributed by atoms with Crippen LogP contribution in [0.5, 0.6) is 5.75 Å². The third-order valence-electron chi connectivity index (χ3n) is 3.51. The fraction of sp³-hybridized carbons (Fsp3) is 0.533. The van der Waals surface area contributed by atoms with Crippen molar-refractivity contribution in [1.82, 2.24) is 0 Å². The highest BCUT2D eigenvalue weighted by molar-refractivity contribution is 9.09. The number of halogens is 1. The summed E-state index contributed by atoms with van der Waals surface area (Å²) in [6, 6.07) is 4.66. The van der Waals surface area contributed by atoms with Gasteiger partial charge in [-0.15, -0.1) is 0 Å². The van der Waals surface area contributed by atoms with Crippen molar-refractivity contribution in [2.24, 2.45) is 5.92 Å². The van der Waals surface area contributed by atoms with Crippen LogP contribution in [0.3, 0.4) is 0 Å². The fourth-order valence-corrected chi connectivity index (χ4v) is 3.63. The summed E-state index contributed by atoms with van der Waals surface area (Å²) in [6.07, 6.45) is 3.38. The first-order chi connectivity index (χ1) is 10.9. The first kappa shape index (κ1) is 18.1. The molecule has 128 valence electrons. The number of rotatable bonds is 8. The van der Waals surface area contributed by atoms with Gasteiger partial charge >= 0.3 is 5.97 Å². The van der Waals surface area contributed by atoms with Gasteiger partial charge in [0.1, 0.15) is 5.75 Å². The molecule has 0 spiro atoms. The van der Waals surface area contributed by atoms with Gasteiger partial charge < -0.3 is 9.47 Å². The first-order valence-corrected chi connectivity index (χ1v) is 10.2. The van der Waals surface area contributed by atoms with E-state index < -0.39 is 16.0 Å². The number of anilines is 1. The molecule has 8 heteroatoms. The Morgan fingerprint density at radius 3 is 2.61 bits per heavy atom. The molecule has 6 nitrogen and oxygen atoms in total. The molecule has 0 saturated heterocycles. The van der Waals surface area contributed by atoms with Crippen LogP contribution in [-0.2, 0) is 14.8 Å². The third kappa shape index (κ3) is 4.84. The number of hydrogen-bond donors (Lipinski definition) is 0. The van der Waals surface area contributed by atoms with Crippen molar-refractivity contribution in [3.05, 3.63) is 23.8 Å². The summed E-state index contributed by atoms with van der Waals surface area (Å²) in [7, 11) is -2.16. The SMILES string of the molecule is COC(=O)c1ccc(N(CCBr)S(C)(=O)=O)c(OCC2CC2)c1. The van der Waals surface area contributed by atoms with Gasteiger partial charge in [-0.3, -0.25) is 4.31 Å². The molecule has 1 aromatic rings. The number of ether oxygens (including phenoxy) is 2. The lowest BCUT2D eigenvalue weighted by Gasteiger charge is -2.24. The van der Waals surface area contributed by atoms with E-state index in [2.05, 4.69) is 15.9 Å². The van der Waals surface area contributed by atoms with Crippen molar-refractivity contribution >= 4 is 37.6 Å². The Labute approximate surface area is 144 Å². The highest BCUT2D eigenvalue weighted by Crippen LogP contribution is 2.35. The Hall–Kier alpha value is -1.28. The molecule has 1 aliphatic carbocycles. The topological polar surface area (TPSA) is 72.9 Å². The molecule has 1 fully saturated rings. The largest absolute Gasteiger partial charge is 0.491 e. The van der Waals surface area contributed by atoms with E-state index in [1.165, 1.54) is 23.5 Å². The standard InChI is InChI=1S/C15H20BrNO5S/c1-21-15(18)12-5-6-13(17(8-7-16)23(2,19)20)14(9-12)22-10-11-3-4-11/h5-6,9,11H,3-4,7-8,10H2,1-2H3. The van der Waals surface area contributed by atoms with Gasteiger partial charge in [-0.05, 0) is 37.0 Å². The number of carbonyl (C=O) groups is 1. The van der Waals surface area contributed by atoms with Crippen LogP contribution in [-0.4, -0.2) is 46.2 Å². The molecular weight excluding hydrogens is 386 g/mol. The number of hydrogen-bond acceptors (Lipinski definition) is 5. The highest BCUT2D eigenvalue weighted by atomic mass is 79.9. The molecule has 1 aromatic carbocycles. The monoisotopic (exact) mass is 405 g/mol. The molecule has 0 bridgehead atoms. The van der Waals surface area contributed by atoms with Gasteiger partial charge in [-0.1, -0.05) is 15.9 Å². The van der Waals surface area contributed by atoms with Crippen LogP contribution < -0.4 is 9.04 Å². The number of nitrogens with zero attached hydrogens (tertiary/aromatic N) is 1. The maximum Gasteiger partial charge on any atom is 0.337 e. The van der Waals surface area contributed by atoms with Crippen molar-refractivity contribution < 1.29 is 22.7 Å². The Balaban J connectivity index is 2.39. The lowest BCUT2D eigenvalue weighted by molar-refractivity contribution is 0.0600. The smallest absolute Gasteiger partial charge is 0.337 e. The fourth-order valence-electron chi connectivity index (χ4n) is 2.11. The number of sulfonamides is 1. The van der Waals surface area contributed by atoms with Crippen molar-refractivity contribution in [1.29, 1.82) is 0 Å². The van der Waals surface area contributed by atoms with Crippen LogP contribution in [0.15, 0.2) is 18.2 Å². The summed E-state index contributed by atoms with van der Waals surface area (Å²) in [6.45, 7) is 0.791. The van der Waals surface area contributed by atoms with E-state index in [1.807, 2.05) is 0 Å². The summed E-state index contributed by atoms with van der Waals surface area (Å²) in [5.41, 5.74) is 0.759. The third-order valence-corrected chi connectivity index (χ3v) is 5.04. The predicted molar refractivity (Wildman–Crippen MR) is 92.0 cm³/mol. The molecule has 0 unspecified atom stereocenters. The Morgan fingerprint density at radius 2 is 2.09 bits per heavy atom. The first-order valence-electron chi connectivity index (χ1n) is 7.25. The molecule has 0 aromatic heterocycles. The van der Waals surface area contributed by atoms with Crippen molar-refractivity contribution in [3.8, 4) is 5.75 Å². The molecule has 0 amide bonds. The van der Waals surface area contributed by atoms with Gasteiger partial charge in [0.25, 0.3) is 0 Å². The Kier molecular flexibility index (Phi) is 5.91. The molecule has 23 heavy (non-hydrogen) atoms. The zero-order chi connectivity index (χ0) is 17.0. The molecule has 2 rings (SSSR count). The minimum absolute atomic E-state index is 0.274. The number of alkyl halides is 1. The molecule has 0 N–H and O–H groups in total. The van der Waals surface area contributed by atoms with E-state index in [1.54, 1.807) is 6.07 Å². The second kappa shape index (κ2) is 7.53. The maximum atomic E-state index is 12.1. The number of esters is 1. The van der Waals surface area contributed by atoms with Gasteiger partial charge in [0.15, 0.2) is 0 Å². The zero-order valence-electron chi connectivity index (χ0n) is 13.1. The van der Waals surface area contributed by atoms with Gasteiger partial charge in [0.05, 0.1) is 31.2 Å². The minimum Gasteiger partial charge on any atom is -0.491 e. The van der Waals surface area contributed by atoms with Crippen molar-refractivity contribution in [3.63, 3.8) is 0 Å². The number of carbonyl (C=O) groups excluding carboxylic acids is 1. The second-order valence-corrected chi connectivity index (χ2v) is 8.15.